The van der Waals surface area contributed by atoms with Gasteiger partial charge >= 0.3 is 5.97 Å². The third-order valence-corrected chi connectivity index (χ3v) is 1.52. The van der Waals surface area contributed by atoms with Crippen molar-refractivity contribution >= 4 is 23.3 Å². The molecule has 12 heavy (non-hydrogen) atoms. The molecule has 1 heterocycles. The Balaban J connectivity index is 3.43. The van der Waals surface area contributed by atoms with Crippen molar-refractivity contribution in [3.05, 3.63) is 22.7 Å². The number of aromatic nitrogens is 1. The highest BCUT2D eigenvalue weighted by molar-refractivity contribution is 6.33. The molecule has 0 aliphatic carbocycles. The van der Waals surface area contributed by atoms with Crippen LogP contribution in [0, 0.1) is 5.82 Å². The van der Waals surface area contributed by atoms with Gasteiger partial charge in [-0.05, 0) is 0 Å². The molecule has 0 saturated carbocycles. The van der Waals surface area contributed by atoms with Gasteiger partial charge < -0.3 is 10.8 Å². The van der Waals surface area contributed by atoms with E-state index in [1.54, 1.807) is 0 Å². The van der Waals surface area contributed by atoms with Crippen molar-refractivity contribution in [2.24, 2.45) is 0 Å². The van der Waals surface area contributed by atoms with E-state index >= 15 is 0 Å². The quantitative estimate of drug-likeness (QED) is 0.652. The Morgan fingerprint density at radius 2 is 2.33 bits per heavy atom. The molecular weight excluding hydrogens is 187 g/mol. The van der Waals surface area contributed by atoms with Crippen LogP contribution >= 0.6 is 11.6 Å². The molecule has 1 aromatic rings. The molecule has 0 aliphatic heterocycles. The highest BCUT2D eigenvalue weighted by atomic mass is 35.5. The summed E-state index contributed by atoms with van der Waals surface area (Å²) >= 11 is 5.36. The second-order valence-corrected chi connectivity index (χ2v) is 2.35. The minimum Gasteiger partial charge on any atom is -0.478 e. The molecule has 0 bridgehead atoms. The smallest absolute Gasteiger partial charge is 0.341 e. The Morgan fingerprint density at radius 1 is 1.75 bits per heavy atom. The van der Waals surface area contributed by atoms with Crippen molar-refractivity contribution < 1.29 is 14.3 Å². The summed E-state index contributed by atoms with van der Waals surface area (Å²) in [7, 11) is 0. The Kier molecular flexibility index (Phi) is 2.14. The van der Waals surface area contributed by atoms with Crippen molar-refractivity contribution in [1.29, 1.82) is 0 Å². The standard InChI is InChI=1S/C6H4ClFN2O2/c7-5-3(6(11)12)4(9)2(8)1-10-5/h1H,(H2,9,10)(H,11,12). The number of aromatic carboxylic acids is 1. The first-order chi connectivity index (χ1) is 5.54. The average molecular weight is 191 g/mol. The van der Waals surface area contributed by atoms with Crippen molar-refractivity contribution in [2.45, 2.75) is 0 Å². The Morgan fingerprint density at radius 3 is 2.75 bits per heavy atom. The number of halogens is 2. The molecule has 0 aromatic carbocycles. The summed E-state index contributed by atoms with van der Waals surface area (Å²) in [6, 6.07) is 0. The van der Waals surface area contributed by atoms with Gasteiger partial charge in [-0.3, -0.25) is 0 Å². The predicted octanol–water partition coefficient (Wildman–Crippen LogP) is 1.15. The van der Waals surface area contributed by atoms with Crippen LogP contribution in [-0.4, -0.2) is 16.1 Å². The number of hydrogen-bond acceptors (Lipinski definition) is 3. The van der Waals surface area contributed by atoms with Gasteiger partial charge in [0.2, 0.25) is 0 Å². The van der Waals surface area contributed by atoms with Crippen LogP contribution in [0.4, 0.5) is 10.1 Å². The summed E-state index contributed by atoms with van der Waals surface area (Å²) in [6.45, 7) is 0. The first kappa shape index (κ1) is 8.73. The zero-order valence-corrected chi connectivity index (χ0v) is 6.47. The van der Waals surface area contributed by atoms with Crippen LogP contribution in [0.25, 0.3) is 0 Å². The van der Waals surface area contributed by atoms with Crippen LogP contribution in [0.2, 0.25) is 5.15 Å². The third kappa shape index (κ3) is 1.31. The first-order valence-corrected chi connectivity index (χ1v) is 3.24. The fraction of sp³-hybridized carbons (Fsp3) is 0. The number of nitrogens with zero attached hydrogens (tertiary/aromatic N) is 1. The summed E-state index contributed by atoms with van der Waals surface area (Å²) in [5.74, 6) is -2.29. The number of nitrogen functional groups attached to an aromatic ring is 1. The van der Waals surface area contributed by atoms with E-state index in [1.165, 1.54) is 0 Å². The fourth-order valence-electron chi connectivity index (χ4n) is 0.681. The lowest BCUT2D eigenvalue weighted by Gasteiger charge is -2.01. The molecule has 0 saturated heterocycles. The molecule has 4 nitrogen and oxygen atoms in total. The lowest BCUT2D eigenvalue weighted by atomic mass is 10.2. The van der Waals surface area contributed by atoms with Gasteiger partial charge in [0, 0.05) is 0 Å². The lowest BCUT2D eigenvalue weighted by Crippen LogP contribution is -2.06. The summed E-state index contributed by atoms with van der Waals surface area (Å²) in [5.41, 5.74) is 4.10. The van der Waals surface area contributed by atoms with Crippen molar-refractivity contribution in [2.75, 3.05) is 5.73 Å². The third-order valence-electron chi connectivity index (χ3n) is 1.24. The molecule has 0 fully saturated rings. The molecule has 0 radical (unpaired) electrons. The molecule has 6 heteroatoms. The Hall–Kier alpha value is -1.36. The van der Waals surface area contributed by atoms with E-state index in [0.717, 1.165) is 6.20 Å². The number of carboxylic acids is 1. The van der Waals surface area contributed by atoms with Crippen molar-refractivity contribution in [3.63, 3.8) is 0 Å². The Bertz CT molecular complexity index is 343. The number of anilines is 1. The van der Waals surface area contributed by atoms with Crippen LogP contribution in [0.3, 0.4) is 0 Å². The number of hydrogen-bond donors (Lipinski definition) is 2. The lowest BCUT2D eigenvalue weighted by molar-refractivity contribution is 0.0697. The van der Waals surface area contributed by atoms with Gasteiger partial charge in [-0.2, -0.15) is 0 Å². The van der Waals surface area contributed by atoms with Crippen molar-refractivity contribution in [3.8, 4) is 0 Å². The SMILES string of the molecule is Nc1c(F)cnc(Cl)c1C(=O)O. The predicted molar refractivity (Wildman–Crippen MR) is 40.6 cm³/mol. The summed E-state index contributed by atoms with van der Waals surface area (Å²) < 4.78 is 12.6. The summed E-state index contributed by atoms with van der Waals surface area (Å²) in [4.78, 5) is 13.7. The van der Waals surface area contributed by atoms with Crippen LogP contribution in [0.1, 0.15) is 10.4 Å². The molecule has 0 unspecified atom stereocenters. The maximum atomic E-state index is 12.6. The van der Waals surface area contributed by atoms with E-state index in [4.69, 9.17) is 22.4 Å². The van der Waals surface area contributed by atoms with Crippen LogP contribution in [-0.2, 0) is 0 Å². The molecule has 1 rings (SSSR count). The molecule has 0 aliphatic rings. The maximum absolute atomic E-state index is 12.6. The van der Waals surface area contributed by atoms with Crippen LogP contribution in [0.5, 0.6) is 0 Å². The zero-order chi connectivity index (χ0) is 9.30. The topological polar surface area (TPSA) is 76.2 Å². The highest BCUT2D eigenvalue weighted by Gasteiger charge is 2.16. The van der Waals surface area contributed by atoms with Gasteiger partial charge in [0.15, 0.2) is 5.82 Å². The van der Waals surface area contributed by atoms with Gasteiger partial charge in [0.25, 0.3) is 0 Å². The fourth-order valence-corrected chi connectivity index (χ4v) is 0.913. The van der Waals surface area contributed by atoms with E-state index in [2.05, 4.69) is 4.98 Å². The second kappa shape index (κ2) is 2.94. The normalized spacial score (nSPS) is 9.83. The first-order valence-electron chi connectivity index (χ1n) is 2.86. The molecular formula is C6H4ClFN2O2. The van der Waals surface area contributed by atoms with Gasteiger partial charge in [-0.15, -0.1) is 0 Å². The molecule has 3 N–H and O–H groups in total. The molecule has 0 atom stereocenters. The van der Waals surface area contributed by atoms with Gasteiger partial charge in [0.1, 0.15) is 10.7 Å². The molecule has 1 aromatic heterocycles. The second-order valence-electron chi connectivity index (χ2n) is 1.99. The van der Waals surface area contributed by atoms with Gasteiger partial charge in [-0.1, -0.05) is 11.6 Å². The average Bonchev–Trinajstić information content (AvgIpc) is 1.97. The molecule has 0 spiro atoms. The minimum absolute atomic E-state index is 0.318. The van der Waals surface area contributed by atoms with E-state index in [0.29, 0.717) is 0 Å². The zero-order valence-electron chi connectivity index (χ0n) is 5.71. The monoisotopic (exact) mass is 190 g/mol. The van der Waals surface area contributed by atoms with E-state index in [1.807, 2.05) is 0 Å². The van der Waals surface area contributed by atoms with Gasteiger partial charge in [-0.25, -0.2) is 14.2 Å². The van der Waals surface area contributed by atoms with E-state index < -0.39 is 23.0 Å². The van der Waals surface area contributed by atoms with Crippen LogP contribution in [0.15, 0.2) is 6.20 Å². The number of carboxylic acid groups (broad SMARTS) is 1. The minimum atomic E-state index is -1.40. The highest BCUT2D eigenvalue weighted by Crippen LogP contribution is 2.21. The summed E-state index contributed by atoms with van der Waals surface area (Å²) in [5, 5.41) is 8.18. The maximum Gasteiger partial charge on any atom is 0.341 e. The number of carbonyl (C=O) groups is 1. The summed E-state index contributed by atoms with van der Waals surface area (Å²) in [6.07, 6.45) is 0.768. The number of nitrogens with two attached hydrogens (primary N) is 1. The van der Waals surface area contributed by atoms with Crippen molar-refractivity contribution in [1.82, 2.24) is 4.98 Å². The Labute approximate surface area is 71.8 Å². The van der Waals surface area contributed by atoms with E-state index in [9.17, 15) is 9.18 Å². The number of rotatable bonds is 1. The van der Waals surface area contributed by atoms with E-state index in [-0.39, 0.29) is 5.15 Å². The number of pyridine rings is 1. The molecule has 0 amide bonds. The van der Waals surface area contributed by atoms with Gasteiger partial charge in [0.05, 0.1) is 11.9 Å². The molecule has 64 valence electrons. The van der Waals surface area contributed by atoms with Crippen LogP contribution < -0.4 is 5.73 Å². The largest absolute Gasteiger partial charge is 0.478 e.